The monoisotopic (exact) mass is 293 g/mol. The van der Waals surface area contributed by atoms with E-state index in [0.717, 1.165) is 24.4 Å². The molecular weight excluding hydrogens is 270 g/mol. The first-order valence-corrected chi connectivity index (χ1v) is 8.12. The second kappa shape index (κ2) is 7.64. The Balaban J connectivity index is 1.87. The van der Waals surface area contributed by atoms with Crippen LogP contribution >= 0.6 is 11.8 Å². The van der Waals surface area contributed by atoms with Crippen LogP contribution in [0.1, 0.15) is 19.3 Å². The molecule has 1 fully saturated rings. The normalized spacial score (nSPS) is 19.9. The van der Waals surface area contributed by atoms with Gasteiger partial charge >= 0.3 is 0 Å². The summed E-state index contributed by atoms with van der Waals surface area (Å²) < 4.78 is 0. The van der Waals surface area contributed by atoms with E-state index in [0.29, 0.717) is 11.8 Å². The Morgan fingerprint density at radius 2 is 2.15 bits per heavy atom. The number of thioether (sulfide) groups is 1. The highest BCUT2D eigenvalue weighted by atomic mass is 32.2. The number of carbonyl (C=O) groups excluding carboxylic acids is 1. The van der Waals surface area contributed by atoms with Crippen LogP contribution in [0, 0.1) is 0 Å². The van der Waals surface area contributed by atoms with Gasteiger partial charge in [-0.15, -0.1) is 11.8 Å². The van der Waals surface area contributed by atoms with Crippen LogP contribution in [0.25, 0.3) is 0 Å². The SMILES string of the molecule is CN(C)[C@H]1CCCCN(C(=O)CSc2ccncc2)C1. The van der Waals surface area contributed by atoms with Gasteiger partial charge in [-0.25, -0.2) is 0 Å². The fraction of sp³-hybridized carbons (Fsp3) is 0.600. The predicted octanol–water partition coefficient (Wildman–Crippen LogP) is 2.12. The second-order valence-corrected chi connectivity index (χ2v) is 6.47. The number of amides is 1. The van der Waals surface area contributed by atoms with Crippen LogP contribution in [-0.2, 0) is 4.79 Å². The summed E-state index contributed by atoms with van der Waals surface area (Å²) in [6.07, 6.45) is 7.05. The molecule has 0 aromatic carbocycles. The molecule has 1 aliphatic rings. The van der Waals surface area contributed by atoms with Crippen molar-refractivity contribution in [1.82, 2.24) is 14.8 Å². The summed E-state index contributed by atoms with van der Waals surface area (Å²) in [6, 6.07) is 4.39. The third kappa shape index (κ3) is 4.49. The van der Waals surface area contributed by atoms with Crippen LogP contribution in [0.15, 0.2) is 29.4 Å². The average molecular weight is 293 g/mol. The summed E-state index contributed by atoms with van der Waals surface area (Å²) in [7, 11) is 4.20. The second-order valence-electron chi connectivity index (χ2n) is 5.42. The largest absolute Gasteiger partial charge is 0.340 e. The third-order valence-corrected chi connectivity index (χ3v) is 4.74. The van der Waals surface area contributed by atoms with Gasteiger partial charge in [-0.3, -0.25) is 9.78 Å². The van der Waals surface area contributed by atoms with Crippen molar-refractivity contribution in [2.45, 2.75) is 30.2 Å². The van der Waals surface area contributed by atoms with Crippen molar-refractivity contribution in [2.75, 3.05) is 32.9 Å². The van der Waals surface area contributed by atoms with Gasteiger partial charge in [0.05, 0.1) is 5.75 Å². The van der Waals surface area contributed by atoms with Crippen molar-refractivity contribution in [1.29, 1.82) is 0 Å². The van der Waals surface area contributed by atoms with Crippen molar-refractivity contribution in [2.24, 2.45) is 0 Å². The summed E-state index contributed by atoms with van der Waals surface area (Å²) in [6.45, 7) is 1.77. The van der Waals surface area contributed by atoms with Gasteiger partial charge in [0.15, 0.2) is 0 Å². The van der Waals surface area contributed by atoms with Crippen LogP contribution in [0.3, 0.4) is 0 Å². The molecule has 5 heteroatoms. The van der Waals surface area contributed by atoms with Gasteiger partial charge in [0.25, 0.3) is 0 Å². The number of likely N-dealkylation sites (tertiary alicyclic amines) is 1. The maximum absolute atomic E-state index is 12.4. The molecule has 1 amide bonds. The molecule has 0 N–H and O–H groups in total. The fourth-order valence-electron chi connectivity index (χ4n) is 2.44. The van der Waals surface area contributed by atoms with Crippen molar-refractivity contribution in [3.05, 3.63) is 24.5 Å². The van der Waals surface area contributed by atoms with E-state index < -0.39 is 0 Å². The molecule has 0 aliphatic carbocycles. The van der Waals surface area contributed by atoms with Crippen molar-refractivity contribution < 1.29 is 4.79 Å². The molecule has 1 aliphatic heterocycles. The number of carbonyl (C=O) groups is 1. The molecule has 0 radical (unpaired) electrons. The summed E-state index contributed by atoms with van der Waals surface area (Å²) in [4.78, 5) is 21.7. The minimum atomic E-state index is 0.251. The van der Waals surface area contributed by atoms with Crippen molar-refractivity contribution >= 4 is 17.7 Å². The molecule has 1 aromatic rings. The molecule has 2 rings (SSSR count). The topological polar surface area (TPSA) is 36.4 Å². The number of nitrogens with zero attached hydrogens (tertiary/aromatic N) is 3. The molecular formula is C15H23N3OS. The zero-order valence-corrected chi connectivity index (χ0v) is 13.1. The van der Waals surface area contributed by atoms with E-state index in [9.17, 15) is 4.79 Å². The van der Waals surface area contributed by atoms with E-state index >= 15 is 0 Å². The maximum atomic E-state index is 12.4. The standard InChI is InChI=1S/C15H23N3OS/c1-17(2)13-5-3-4-10-18(11-13)15(19)12-20-14-6-8-16-9-7-14/h6-9,13H,3-5,10-12H2,1-2H3/t13-/m0/s1. The Labute approximate surface area is 125 Å². The number of likely N-dealkylation sites (N-methyl/N-ethyl adjacent to an activating group) is 1. The van der Waals surface area contributed by atoms with Gasteiger partial charge in [0.1, 0.15) is 0 Å². The zero-order chi connectivity index (χ0) is 14.4. The molecule has 0 unspecified atom stereocenters. The highest BCUT2D eigenvalue weighted by Crippen LogP contribution is 2.19. The average Bonchev–Trinajstić information content (AvgIpc) is 2.72. The number of rotatable bonds is 4. The Bertz CT molecular complexity index is 424. The number of pyridine rings is 1. The van der Waals surface area contributed by atoms with Crippen molar-refractivity contribution in [3.8, 4) is 0 Å². The molecule has 1 saturated heterocycles. The van der Waals surface area contributed by atoms with E-state index in [1.54, 1.807) is 24.2 Å². The minimum absolute atomic E-state index is 0.251. The Morgan fingerprint density at radius 3 is 2.85 bits per heavy atom. The lowest BCUT2D eigenvalue weighted by molar-refractivity contribution is -0.128. The number of aromatic nitrogens is 1. The molecule has 0 spiro atoms. The Hall–Kier alpha value is -1.07. The highest BCUT2D eigenvalue weighted by molar-refractivity contribution is 8.00. The lowest BCUT2D eigenvalue weighted by Crippen LogP contribution is -2.42. The van der Waals surface area contributed by atoms with Crippen molar-refractivity contribution in [3.63, 3.8) is 0 Å². The number of hydrogen-bond acceptors (Lipinski definition) is 4. The lowest BCUT2D eigenvalue weighted by Gasteiger charge is -2.28. The van der Waals surface area contributed by atoms with Gasteiger partial charge in [-0.1, -0.05) is 6.42 Å². The lowest BCUT2D eigenvalue weighted by atomic mass is 10.1. The van der Waals surface area contributed by atoms with E-state index in [4.69, 9.17) is 0 Å². The zero-order valence-electron chi connectivity index (χ0n) is 12.3. The summed E-state index contributed by atoms with van der Waals surface area (Å²) >= 11 is 1.59. The molecule has 1 aromatic heterocycles. The molecule has 20 heavy (non-hydrogen) atoms. The molecule has 110 valence electrons. The first-order valence-electron chi connectivity index (χ1n) is 7.14. The maximum Gasteiger partial charge on any atom is 0.232 e. The van der Waals surface area contributed by atoms with Crippen LogP contribution in [-0.4, -0.2) is 59.7 Å². The first-order chi connectivity index (χ1) is 9.66. The van der Waals surface area contributed by atoms with Gasteiger partial charge in [-0.2, -0.15) is 0 Å². The van der Waals surface area contributed by atoms with Crippen LogP contribution < -0.4 is 0 Å². The third-order valence-electron chi connectivity index (χ3n) is 3.74. The van der Waals surface area contributed by atoms with E-state index in [1.807, 2.05) is 17.0 Å². The molecule has 4 nitrogen and oxygen atoms in total. The van der Waals surface area contributed by atoms with E-state index in [1.165, 1.54) is 12.8 Å². The van der Waals surface area contributed by atoms with E-state index in [2.05, 4.69) is 24.0 Å². The van der Waals surface area contributed by atoms with Gasteiger partial charge in [0, 0.05) is 36.4 Å². The molecule has 0 bridgehead atoms. The minimum Gasteiger partial charge on any atom is -0.340 e. The van der Waals surface area contributed by atoms with Gasteiger partial charge in [-0.05, 0) is 39.1 Å². The molecule has 2 heterocycles. The first kappa shape index (κ1) is 15.3. The van der Waals surface area contributed by atoms with E-state index in [-0.39, 0.29) is 5.91 Å². The summed E-state index contributed by atoms with van der Waals surface area (Å²) in [5.41, 5.74) is 0. The smallest absolute Gasteiger partial charge is 0.232 e. The fourth-order valence-corrected chi connectivity index (χ4v) is 3.23. The van der Waals surface area contributed by atoms with Gasteiger partial charge < -0.3 is 9.80 Å². The quantitative estimate of drug-likeness (QED) is 0.797. The summed E-state index contributed by atoms with van der Waals surface area (Å²) in [5.74, 6) is 0.769. The summed E-state index contributed by atoms with van der Waals surface area (Å²) in [5, 5.41) is 0. The van der Waals surface area contributed by atoms with Crippen LogP contribution in [0.5, 0.6) is 0 Å². The van der Waals surface area contributed by atoms with Crippen LogP contribution in [0.4, 0.5) is 0 Å². The van der Waals surface area contributed by atoms with Gasteiger partial charge in [0.2, 0.25) is 5.91 Å². The number of hydrogen-bond donors (Lipinski definition) is 0. The predicted molar refractivity (Wildman–Crippen MR) is 82.9 cm³/mol. The molecule has 0 saturated carbocycles. The molecule has 1 atom stereocenters. The highest BCUT2D eigenvalue weighted by Gasteiger charge is 2.22. The Morgan fingerprint density at radius 1 is 1.40 bits per heavy atom. The van der Waals surface area contributed by atoms with Crippen LogP contribution in [0.2, 0.25) is 0 Å². The Kier molecular flexibility index (Phi) is 5.86.